The first-order valence-electron chi connectivity index (χ1n) is 6.44. The normalized spacial score (nSPS) is 11.1. The average Bonchev–Trinajstić information content (AvgIpc) is 2.83. The number of nitrogen functional groups attached to an aromatic ring is 1. The van der Waals surface area contributed by atoms with Gasteiger partial charge in [-0.05, 0) is 11.6 Å². The Labute approximate surface area is 113 Å². The molecule has 0 aliphatic carbocycles. The van der Waals surface area contributed by atoms with Crippen LogP contribution >= 0.6 is 0 Å². The summed E-state index contributed by atoms with van der Waals surface area (Å²) in [5, 5.41) is 13.3. The quantitative estimate of drug-likeness (QED) is 0.778. The topological polar surface area (TPSA) is 67.3 Å². The van der Waals surface area contributed by atoms with Crippen LogP contribution in [-0.4, -0.2) is 39.5 Å². The molecular weight excluding hydrogens is 240 g/mol. The lowest BCUT2D eigenvalue weighted by Crippen LogP contribution is -2.30. The predicted octanol–water partition coefficient (Wildman–Crippen LogP) is 0.960. The highest BCUT2D eigenvalue weighted by Gasteiger charge is 2.06. The van der Waals surface area contributed by atoms with E-state index in [1.165, 1.54) is 5.56 Å². The minimum absolute atomic E-state index is 0.161. The summed E-state index contributed by atoms with van der Waals surface area (Å²) in [4.78, 5) is 2.20. The van der Waals surface area contributed by atoms with Crippen LogP contribution < -0.4 is 5.73 Å². The van der Waals surface area contributed by atoms with Crippen LogP contribution in [-0.2, 0) is 13.1 Å². The van der Waals surface area contributed by atoms with E-state index < -0.39 is 0 Å². The number of benzene rings is 1. The number of aliphatic hydroxyl groups excluding tert-OH is 1. The van der Waals surface area contributed by atoms with Gasteiger partial charge in [-0.25, -0.2) is 0 Å². The minimum atomic E-state index is 0.161. The zero-order valence-electron chi connectivity index (χ0n) is 10.9. The van der Waals surface area contributed by atoms with Crippen molar-refractivity contribution in [1.29, 1.82) is 0 Å². The van der Waals surface area contributed by atoms with Gasteiger partial charge in [-0.2, -0.15) is 5.10 Å². The van der Waals surface area contributed by atoms with Crippen LogP contribution in [0.3, 0.4) is 0 Å². The Morgan fingerprint density at radius 2 is 1.95 bits per heavy atom. The van der Waals surface area contributed by atoms with Gasteiger partial charge < -0.3 is 10.8 Å². The largest absolute Gasteiger partial charge is 0.395 e. The number of hydrogen-bond acceptors (Lipinski definition) is 4. The van der Waals surface area contributed by atoms with Crippen molar-refractivity contribution in [3.8, 4) is 0 Å². The number of nitrogens with two attached hydrogens (primary N) is 1. The highest BCUT2D eigenvalue weighted by atomic mass is 16.3. The second-order valence-corrected chi connectivity index (χ2v) is 4.49. The van der Waals surface area contributed by atoms with Gasteiger partial charge in [0.1, 0.15) is 5.82 Å². The van der Waals surface area contributed by atoms with Crippen LogP contribution in [0.25, 0.3) is 0 Å². The molecule has 0 saturated heterocycles. The Bertz CT molecular complexity index is 483. The first kappa shape index (κ1) is 13.6. The Hall–Kier alpha value is -1.85. The maximum atomic E-state index is 9.13. The van der Waals surface area contributed by atoms with E-state index in [1.54, 1.807) is 6.07 Å². The summed E-state index contributed by atoms with van der Waals surface area (Å²) in [7, 11) is 0. The van der Waals surface area contributed by atoms with E-state index in [2.05, 4.69) is 22.1 Å². The maximum Gasteiger partial charge on any atom is 0.145 e. The molecule has 2 aromatic rings. The van der Waals surface area contributed by atoms with Crippen molar-refractivity contribution in [2.75, 3.05) is 25.4 Å². The Morgan fingerprint density at radius 1 is 1.16 bits per heavy atom. The number of nitrogens with zero attached hydrogens (tertiary/aromatic N) is 3. The highest BCUT2D eigenvalue weighted by molar-refractivity contribution is 5.23. The number of aliphatic hydroxyl groups is 1. The highest BCUT2D eigenvalue weighted by Crippen LogP contribution is 2.05. The van der Waals surface area contributed by atoms with E-state index in [4.69, 9.17) is 10.8 Å². The third kappa shape index (κ3) is 4.39. The maximum absolute atomic E-state index is 9.13. The molecule has 0 spiro atoms. The van der Waals surface area contributed by atoms with Crippen molar-refractivity contribution in [1.82, 2.24) is 14.7 Å². The summed E-state index contributed by atoms with van der Waals surface area (Å²) in [6.07, 6.45) is 1.87. The monoisotopic (exact) mass is 260 g/mol. The van der Waals surface area contributed by atoms with E-state index in [0.29, 0.717) is 12.4 Å². The minimum Gasteiger partial charge on any atom is -0.395 e. The van der Waals surface area contributed by atoms with E-state index in [0.717, 1.165) is 19.6 Å². The summed E-state index contributed by atoms with van der Waals surface area (Å²) < 4.78 is 1.82. The van der Waals surface area contributed by atoms with E-state index >= 15 is 0 Å². The third-order valence-corrected chi connectivity index (χ3v) is 2.97. The summed E-state index contributed by atoms with van der Waals surface area (Å²) >= 11 is 0. The van der Waals surface area contributed by atoms with Gasteiger partial charge in [0.2, 0.25) is 0 Å². The van der Waals surface area contributed by atoms with Crippen LogP contribution in [0.15, 0.2) is 42.6 Å². The van der Waals surface area contributed by atoms with E-state index in [1.807, 2.05) is 29.1 Å². The molecule has 0 aliphatic rings. The molecule has 2 rings (SSSR count). The molecule has 3 N–H and O–H groups in total. The summed E-state index contributed by atoms with van der Waals surface area (Å²) in [5.74, 6) is 0.539. The molecule has 1 aromatic heterocycles. The molecule has 0 atom stereocenters. The van der Waals surface area contributed by atoms with Crippen molar-refractivity contribution in [3.05, 3.63) is 48.2 Å². The Kier molecular flexibility index (Phi) is 4.94. The fourth-order valence-corrected chi connectivity index (χ4v) is 2.00. The third-order valence-electron chi connectivity index (χ3n) is 2.97. The molecule has 0 saturated carbocycles. The fourth-order valence-electron chi connectivity index (χ4n) is 2.00. The number of hydrogen-bond donors (Lipinski definition) is 2. The first-order valence-corrected chi connectivity index (χ1v) is 6.44. The molecule has 5 nitrogen and oxygen atoms in total. The average molecular weight is 260 g/mol. The fraction of sp³-hybridized carbons (Fsp3) is 0.357. The van der Waals surface area contributed by atoms with Crippen LogP contribution in [0.4, 0.5) is 5.82 Å². The summed E-state index contributed by atoms with van der Waals surface area (Å²) in [6.45, 7) is 3.25. The molecule has 0 amide bonds. The zero-order valence-corrected chi connectivity index (χ0v) is 10.9. The van der Waals surface area contributed by atoms with Crippen LogP contribution in [0, 0.1) is 0 Å². The van der Waals surface area contributed by atoms with E-state index in [-0.39, 0.29) is 6.61 Å². The summed E-state index contributed by atoms with van der Waals surface area (Å²) in [6, 6.07) is 12.0. The lowest BCUT2D eigenvalue weighted by molar-refractivity contribution is 0.183. The molecule has 0 fully saturated rings. The van der Waals surface area contributed by atoms with Gasteiger partial charge in [0, 0.05) is 25.8 Å². The van der Waals surface area contributed by atoms with Crippen molar-refractivity contribution < 1.29 is 5.11 Å². The van der Waals surface area contributed by atoms with Gasteiger partial charge >= 0.3 is 0 Å². The zero-order chi connectivity index (χ0) is 13.5. The van der Waals surface area contributed by atoms with Crippen LogP contribution in [0.5, 0.6) is 0 Å². The van der Waals surface area contributed by atoms with Gasteiger partial charge in [0.25, 0.3) is 0 Å². The van der Waals surface area contributed by atoms with Gasteiger partial charge in [-0.1, -0.05) is 30.3 Å². The lowest BCUT2D eigenvalue weighted by atomic mass is 10.2. The van der Waals surface area contributed by atoms with Gasteiger partial charge in [-0.3, -0.25) is 9.58 Å². The second-order valence-electron chi connectivity index (χ2n) is 4.49. The molecule has 0 aliphatic heterocycles. The number of aromatic nitrogens is 2. The van der Waals surface area contributed by atoms with Gasteiger partial charge in [0.15, 0.2) is 0 Å². The van der Waals surface area contributed by atoms with Gasteiger partial charge in [0.05, 0.1) is 13.2 Å². The molecule has 102 valence electrons. The van der Waals surface area contributed by atoms with Crippen molar-refractivity contribution in [2.24, 2.45) is 0 Å². The van der Waals surface area contributed by atoms with Crippen LogP contribution in [0.2, 0.25) is 0 Å². The number of anilines is 1. The smallest absolute Gasteiger partial charge is 0.145 e. The second kappa shape index (κ2) is 6.92. The Balaban J connectivity index is 1.89. The molecular formula is C14H20N4O. The standard InChI is InChI=1S/C14H20N4O/c15-14-6-7-18(16-14)9-8-17(10-11-19)12-13-4-2-1-3-5-13/h1-7,19H,8-12H2,(H2,15,16). The van der Waals surface area contributed by atoms with Crippen molar-refractivity contribution in [2.45, 2.75) is 13.1 Å². The van der Waals surface area contributed by atoms with E-state index in [9.17, 15) is 0 Å². The molecule has 19 heavy (non-hydrogen) atoms. The molecule has 1 aromatic carbocycles. The van der Waals surface area contributed by atoms with Crippen molar-refractivity contribution >= 4 is 5.82 Å². The SMILES string of the molecule is Nc1ccn(CCN(CCO)Cc2ccccc2)n1. The lowest BCUT2D eigenvalue weighted by Gasteiger charge is -2.21. The predicted molar refractivity (Wildman–Crippen MR) is 75.4 cm³/mol. The molecule has 0 unspecified atom stereocenters. The summed E-state index contributed by atoms with van der Waals surface area (Å²) in [5.41, 5.74) is 6.83. The number of rotatable bonds is 7. The molecule has 0 radical (unpaired) electrons. The van der Waals surface area contributed by atoms with Crippen molar-refractivity contribution in [3.63, 3.8) is 0 Å². The van der Waals surface area contributed by atoms with Crippen LogP contribution in [0.1, 0.15) is 5.56 Å². The molecule has 0 bridgehead atoms. The molecule has 1 heterocycles. The first-order chi connectivity index (χ1) is 9.28. The van der Waals surface area contributed by atoms with Gasteiger partial charge in [-0.15, -0.1) is 0 Å². The Morgan fingerprint density at radius 3 is 2.58 bits per heavy atom. The molecule has 5 heteroatoms.